The van der Waals surface area contributed by atoms with E-state index < -0.39 is 35.6 Å². The molecule has 0 spiro atoms. The Morgan fingerprint density at radius 2 is 1.69 bits per heavy atom. The van der Waals surface area contributed by atoms with Gasteiger partial charge in [-0.25, -0.2) is 0 Å². The molecule has 1 saturated carbocycles. The molecule has 1 aromatic rings. The first-order valence-corrected chi connectivity index (χ1v) is 14.2. The van der Waals surface area contributed by atoms with Gasteiger partial charge in [0.05, 0.1) is 6.04 Å². The van der Waals surface area contributed by atoms with Gasteiger partial charge in [0, 0.05) is 29.9 Å². The Labute approximate surface area is 235 Å². The number of carbonyl (C=O) groups is 5. The first kappa shape index (κ1) is 30.6. The summed E-state index contributed by atoms with van der Waals surface area (Å²) in [6.45, 7) is 8.35. The maximum absolute atomic E-state index is 13.5. The van der Waals surface area contributed by atoms with Gasteiger partial charge in [0.15, 0.2) is 0 Å². The maximum Gasteiger partial charge on any atom is 0.289 e. The third-order valence-corrected chi connectivity index (χ3v) is 7.44. The van der Waals surface area contributed by atoms with Crippen molar-refractivity contribution >= 4 is 41.0 Å². The van der Waals surface area contributed by atoms with Crippen LogP contribution >= 0.6 is 11.6 Å². The minimum Gasteiger partial charge on any atom is -0.356 e. The Bertz CT molecular complexity index is 1060. The van der Waals surface area contributed by atoms with Crippen LogP contribution in [0.5, 0.6) is 0 Å². The second kappa shape index (κ2) is 13.4. The van der Waals surface area contributed by atoms with Crippen molar-refractivity contribution in [1.82, 2.24) is 21.3 Å². The standard InChI is InChI=1S/C29H41ClN4O5/c1-5-17(18-6-8-20(30)9-7-18)15-24(35)33-23(16-29(2,3)4)27(38)34-22(14-19-12-13-31-26(19)37)25(36)28(39)32-21-10-11-21/h6-9,17,19,21-23H,5,10-16H2,1-4H3,(H,31,37)(H,32,39)(H,33,35)(H,34,38)/t17?,19?,22?,23-/m0/s1. The normalized spacial score (nSPS) is 19.4. The number of hydrogen-bond acceptors (Lipinski definition) is 5. The molecular weight excluding hydrogens is 520 g/mol. The summed E-state index contributed by atoms with van der Waals surface area (Å²) in [6, 6.07) is 5.26. The summed E-state index contributed by atoms with van der Waals surface area (Å²) in [5.74, 6) is -3.09. The molecule has 214 valence electrons. The summed E-state index contributed by atoms with van der Waals surface area (Å²) in [6.07, 6.45) is 3.40. The number of nitrogens with one attached hydrogen (secondary N) is 4. The van der Waals surface area contributed by atoms with Crippen molar-refractivity contribution in [2.45, 2.75) is 96.7 Å². The van der Waals surface area contributed by atoms with E-state index in [1.165, 1.54) is 0 Å². The molecule has 10 heteroatoms. The van der Waals surface area contributed by atoms with E-state index in [0.717, 1.165) is 24.8 Å². The second-order valence-electron chi connectivity index (χ2n) is 11.9. The molecule has 2 fully saturated rings. The van der Waals surface area contributed by atoms with Gasteiger partial charge in [-0.3, -0.25) is 24.0 Å². The van der Waals surface area contributed by atoms with E-state index in [1.54, 1.807) is 12.1 Å². The molecule has 4 N–H and O–H groups in total. The van der Waals surface area contributed by atoms with Crippen LogP contribution in [0.15, 0.2) is 24.3 Å². The number of ketones is 1. The Kier molecular flexibility index (Phi) is 10.5. The molecular formula is C29H41ClN4O5. The number of hydrogen-bond donors (Lipinski definition) is 4. The van der Waals surface area contributed by atoms with Crippen LogP contribution in [0.3, 0.4) is 0 Å². The third kappa shape index (κ3) is 9.64. The SMILES string of the molecule is CCC(CC(=O)N[C@@H](CC(C)(C)C)C(=O)NC(CC1CCNC1=O)C(=O)C(=O)NC1CC1)c1ccc(Cl)cc1. The van der Waals surface area contributed by atoms with Gasteiger partial charge in [-0.05, 0) is 67.6 Å². The summed E-state index contributed by atoms with van der Waals surface area (Å²) < 4.78 is 0. The quantitative estimate of drug-likeness (QED) is 0.275. The van der Waals surface area contributed by atoms with Gasteiger partial charge in [0.2, 0.25) is 23.5 Å². The zero-order valence-corrected chi connectivity index (χ0v) is 24.0. The van der Waals surface area contributed by atoms with Crippen LogP contribution in [0, 0.1) is 11.3 Å². The van der Waals surface area contributed by atoms with E-state index in [4.69, 9.17) is 11.6 Å². The Hall–Kier alpha value is -2.94. The highest BCUT2D eigenvalue weighted by Crippen LogP contribution is 2.26. The summed E-state index contributed by atoms with van der Waals surface area (Å²) >= 11 is 6.01. The number of halogens is 1. The highest BCUT2D eigenvalue weighted by molar-refractivity contribution is 6.38. The molecule has 1 aromatic carbocycles. The molecule has 1 saturated heterocycles. The molecule has 0 bridgehead atoms. The average Bonchev–Trinajstić information content (AvgIpc) is 3.59. The molecule has 3 rings (SSSR count). The van der Waals surface area contributed by atoms with Crippen molar-refractivity contribution in [2.75, 3.05) is 6.54 Å². The van der Waals surface area contributed by atoms with E-state index in [2.05, 4.69) is 21.3 Å². The smallest absolute Gasteiger partial charge is 0.289 e. The van der Waals surface area contributed by atoms with Crippen LogP contribution in [0.4, 0.5) is 0 Å². The zero-order valence-electron chi connectivity index (χ0n) is 23.3. The minimum absolute atomic E-state index is 0.0207. The van der Waals surface area contributed by atoms with Gasteiger partial charge >= 0.3 is 0 Å². The number of benzene rings is 1. The van der Waals surface area contributed by atoms with Crippen LogP contribution in [-0.2, 0) is 24.0 Å². The van der Waals surface area contributed by atoms with E-state index >= 15 is 0 Å². The largest absolute Gasteiger partial charge is 0.356 e. The lowest BCUT2D eigenvalue weighted by atomic mass is 9.87. The van der Waals surface area contributed by atoms with Crippen LogP contribution in [0.2, 0.25) is 5.02 Å². The van der Waals surface area contributed by atoms with Crippen molar-refractivity contribution in [2.24, 2.45) is 11.3 Å². The Balaban J connectivity index is 1.73. The maximum atomic E-state index is 13.5. The van der Waals surface area contributed by atoms with E-state index in [9.17, 15) is 24.0 Å². The van der Waals surface area contributed by atoms with Crippen molar-refractivity contribution in [3.63, 3.8) is 0 Å². The van der Waals surface area contributed by atoms with Crippen molar-refractivity contribution in [3.8, 4) is 0 Å². The molecule has 9 nitrogen and oxygen atoms in total. The zero-order chi connectivity index (χ0) is 28.7. The predicted octanol–water partition coefficient (Wildman–Crippen LogP) is 3.00. The Morgan fingerprint density at radius 1 is 1.03 bits per heavy atom. The lowest BCUT2D eigenvalue weighted by molar-refractivity contribution is -0.141. The summed E-state index contributed by atoms with van der Waals surface area (Å²) in [7, 11) is 0. The topological polar surface area (TPSA) is 133 Å². The molecule has 0 radical (unpaired) electrons. The fourth-order valence-corrected chi connectivity index (χ4v) is 4.96. The summed E-state index contributed by atoms with van der Waals surface area (Å²) in [4.78, 5) is 64.5. The minimum atomic E-state index is -1.16. The van der Waals surface area contributed by atoms with Crippen molar-refractivity contribution in [3.05, 3.63) is 34.9 Å². The van der Waals surface area contributed by atoms with Gasteiger partial charge in [-0.1, -0.05) is 51.4 Å². The van der Waals surface area contributed by atoms with Crippen LogP contribution in [-0.4, -0.2) is 54.1 Å². The van der Waals surface area contributed by atoms with E-state index in [-0.39, 0.29) is 42.0 Å². The van der Waals surface area contributed by atoms with Gasteiger partial charge in [-0.15, -0.1) is 0 Å². The fourth-order valence-electron chi connectivity index (χ4n) is 4.83. The summed E-state index contributed by atoms with van der Waals surface area (Å²) in [5.41, 5.74) is 0.667. The van der Waals surface area contributed by atoms with E-state index in [0.29, 0.717) is 24.4 Å². The third-order valence-electron chi connectivity index (χ3n) is 7.19. The second-order valence-corrected chi connectivity index (χ2v) is 12.4. The molecule has 3 unspecified atom stereocenters. The van der Waals surface area contributed by atoms with Crippen LogP contribution in [0.25, 0.3) is 0 Å². The molecule has 1 aliphatic carbocycles. The Morgan fingerprint density at radius 3 is 2.23 bits per heavy atom. The lowest BCUT2D eigenvalue weighted by Crippen LogP contribution is -2.55. The predicted molar refractivity (Wildman–Crippen MR) is 149 cm³/mol. The lowest BCUT2D eigenvalue weighted by Gasteiger charge is -2.29. The first-order valence-electron chi connectivity index (χ1n) is 13.8. The van der Waals surface area contributed by atoms with Crippen LogP contribution < -0.4 is 21.3 Å². The van der Waals surface area contributed by atoms with E-state index in [1.807, 2.05) is 39.8 Å². The van der Waals surface area contributed by atoms with Gasteiger partial charge < -0.3 is 21.3 Å². The number of Topliss-reactive ketones (excluding diaryl/α,β-unsaturated/α-hetero) is 1. The molecule has 1 heterocycles. The fraction of sp³-hybridized carbons (Fsp3) is 0.621. The molecule has 4 amide bonds. The monoisotopic (exact) mass is 560 g/mol. The van der Waals surface area contributed by atoms with Gasteiger partial charge in [0.25, 0.3) is 5.91 Å². The number of amides is 4. The molecule has 2 aliphatic rings. The van der Waals surface area contributed by atoms with Crippen molar-refractivity contribution < 1.29 is 24.0 Å². The molecule has 39 heavy (non-hydrogen) atoms. The molecule has 0 aromatic heterocycles. The van der Waals surface area contributed by atoms with Gasteiger partial charge in [0.1, 0.15) is 6.04 Å². The first-order chi connectivity index (χ1) is 18.4. The van der Waals surface area contributed by atoms with Crippen molar-refractivity contribution in [1.29, 1.82) is 0 Å². The average molecular weight is 561 g/mol. The highest BCUT2D eigenvalue weighted by atomic mass is 35.5. The number of rotatable bonds is 13. The molecule has 4 atom stereocenters. The van der Waals surface area contributed by atoms with Crippen LogP contribution in [0.1, 0.15) is 84.1 Å². The highest BCUT2D eigenvalue weighted by Gasteiger charge is 2.37. The summed E-state index contributed by atoms with van der Waals surface area (Å²) in [5, 5.41) is 11.6. The molecule has 1 aliphatic heterocycles. The van der Waals surface area contributed by atoms with Gasteiger partial charge in [-0.2, -0.15) is 0 Å². The number of carbonyl (C=O) groups excluding carboxylic acids is 5.